The highest BCUT2D eigenvalue weighted by Crippen LogP contribution is 2.04. The highest BCUT2D eigenvalue weighted by atomic mass is 19.4. The summed E-state index contributed by atoms with van der Waals surface area (Å²) in [6.45, 7) is -1.43. The summed E-state index contributed by atoms with van der Waals surface area (Å²) in [5.74, 6) is 1.21. The lowest BCUT2D eigenvalue weighted by Crippen LogP contribution is -1.96. The molecule has 0 aliphatic carbocycles. The highest BCUT2D eigenvalue weighted by Gasteiger charge is 1.97. The van der Waals surface area contributed by atoms with Crippen LogP contribution in [0.1, 0.15) is 38.4 Å². The zero-order chi connectivity index (χ0) is 12.4. The maximum atomic E-state index is 9.67. The van der Waals surface area contributed by atoms with E-state index in [1.807, 2.05) is 12.4 Å². The van der Waals surface area contributed by atoms with Crippen LogP contribution in [0.2, 0.25) is 0 Å². The first-order valence-corrected chi connectivity index (χ1v) is 5.46. The van der Waals surface area contributed by atoms with Gasteiger partial charge >= 0.3 is 6.68 Å². The van der Waals surface area contributed by atoms with Gasteiger partial charge in [-0.3, -0.25) is 0 Å². The van der Waals surface area contributed by atoms with E-state index in [2.05, 4.69) is 23.5 Å². The van der Waals surface area contributed by atoms with Crippen LogP contribution < -0.4 is 0 Å². The van der Waals surface area contributed by atoms with E-state index in [1.165, 1.54) is 31.5 Å². The molecule has 2 nitrogen and oxygen atoms in total. The fourth-order valence-electron chi connectivity index (χ4n) is 1.35. The quantitative estimate of drug-likeness (QED) is 0.712. The lowest BCUT2D eigenvalue weighted by Gasteiger charge is -2.00. The number of unbranched alkanes of at least 4 members (excludes halogenated alkanes) is 3. The van der Waals surface area contributed by atoms with Crippen LogP contribution in [0.4, 0.5) is 13.2 Å². The largest absolute Gasteiger partial charge is 0.379 e. The first-order chi connectivity index (χ1) is 7.57. The van der Waals surface area contributed by atoms with Gasteiger partial charge in [-0.2, -0.15) is 13.2 Å². The molecule has 0 bridgehead atoms. The van der Waals surface area contributed by atoms with Crippen molar-refractivity contribution >= 4 is 0 Å². The molecule has 0 amide bonds. The standard InChI is InChI=1S/C10H18N2.CHF3/c1-3-4-5-6-7-10-11-8-9-12(10)2;2-1(3)4/h8-9H,3-7H2,1-2H3;1H. The minimum atomic E-state index is -3.67. The van der Waals surface area contributed by atoms with E-state index in [0.29, 0.717) is 0 Å². The molecule has 1 rings (SSSR count). The average Bonchev–Trinajstić information content (AvgIpc) is 2.58. The molecule has 0 unspecified atom stereocenters. The fraction of sp³-hybridized carbons (Fsp3) is 0.727. The van der Waals surface area contributed by atoms with Gasteiger partial charge in [-0.15, -0.1) is 0 Å². The van der Waals surface area contributed by atoms with Crippen LogP contribution in [0.5, 0.6) is 0 Å². The summed E-state index contributed by atoms with van der Waals surface area (Å²) in [6.07, 6.45) is 10.3. The Hall–Kier alpha value is -1.00. The molecule has 16 heavy (non-hydrogen) atoms. The van der Waals surface area contributed by atoms with Crippen molar-refractivity contribution in [3.8, 4) is 0 Å². The summed E-state index contributed by atoms with van der Waals surface area (Å²) < 4.78 is 31.1. The molecule has 0 N–H and O–H groups in total. The van der Waals surface area contributed by atoms with Crippen LogP contribution in [0, 0.1) is 0 Å². The van der Waals surface area contributed by atoms with E-state index < -0.39 is 6.68 Å². The molecule has 0 radical (unpaired) electrons. The van der Waals surface area contributed by atoms with Crippen LogP contribution in [0.3, 0.4) is 0 Å². The first kappa shape index (κ1) is 15.0. The van der Waals surface area contributed by atoms with Gasteiger partial charge in [0.2, 0.25) is 0 Å². The maximum Gasteiger partial charge on any atom is 0.379 e. The molecule has 0 atom stereocenters. The van der Waals surface area contributed by atoms with Crippen LogP contribution in [-0.4, -0.2) is 16.2 Å². The van der Waals surface area contributed by atoms with Gasteiger partial charge in [0.05, 0.1) is 0 Å². The molecule has 0 saturated heterocycles. The molecule has 0 spiro atoms. The molecule has 0 aromatic carbocycles. The SMILES string of the molecule is CCCCCCc1nccn1C.FC(F)F. The van der Waals surface area contributed by atoms with Gasteiger partial charge in [0.25, 0.3) is 0 Å². The molecule has 94 valence electrons. The van der Waals surface area contributed by atoms with Gasteiger partial charge in [0, 0.05) is 25.9 Å². The third kappa shape index (κ3) is 8.32. The van der Waals surface area contributed by atoms with Gasteiger partial charge < -0.3 is 4.57 Å². The number of imidazole rings is 1. The van der Waals surface area contributed by atoms with Crippen LogP contribution in [0.25, 0.3) is 0 Å². The van der Waals surface area contributed by atoms with Gasteiger partial charge in [-0.25, -0.2) is 4.98 Å². The van der Waals surface area contributed by atoms with Crippen molar-refractivity contribution in [2.24, 2.45) is 7.05 Å². The smallest absolute Gasteiger partial charge is 0.338 e. The second-order valence-electron chi connectivity index (χ2n) is 3.51. The molecular weight excluding hydrogens is 217 g/mol. The monoisotopic (exact) mass is 236 g/mol. The third-order valence-electron chi connectivity index (χ3n) is 2.17. The molecule has 0 fully saturated rings. The molecule has 1 aromatic heterocycles. The molecule has 0 aliphatic heterocycles. The Labute approximate surface area is 94.5 Å². The highest BCUT2D eigenvalue weighted by molar-refractivity contribution is 4.90. The van der Waals surface area contributed by atoms with Crippen LogP contribution in [-0.2, 0) is 13.5 Å². The van der Waals surface area contributed by atoms with Crippen molar-refractivity contribution in [2.75, 3.05) is 0 Å². The number of nitrogens with zero attached hydrogens (tertiary/aromatic N) is 2. The number of halogens is 3. The normalized spacial score (nSPS) is 10.1. The minimum absolute atomic E-state index is 1.13. The Bertz CT molecular complexity index is 259. The van der Waals surface area contributed by atoms with Crippen molar-refractivity contribution < 1.29 is 13.2 Å². The van der Waals surface area contributed by atoms with Crippen LogP contribution >= 0.6 is 0 Å². The third-order valence-corrected chi connectivity index (χ3v) is 2.17. The average molecular weight is 236 g/mol. The lowest BCUT2D eigenvalue weighted by atomic mass is 10.1. The number of aromatic nitrogens is 2. The minimum Gasteiger partial charge on any atom is -0.338 e. The zero-order valence-electron chi connectivity index (χ0n) is 9.80. The maximum absolute atomic E-state index is 9.67. The predicted molar refractivity (Wildman–Crippen MR) is 58.2 cm³/mol. The van der Waals surface area contributed by atoms with E-state index in [1.54, 1.807) is 0 Å². The number of hydrogen-bond acceptors (Lipinski definition) is 1. The molecule has 1 aromatic rings. The Morgan fingerprint density at radius 2 is 1.88 bits per heavy atom. The summed E-state index contributed by atoms with van der Waals surface area (Å²) in [7, 11) is 2.06. The van der Waals surface area contributed by atoms with E-state index in [0.717, 1.165) is 6.42 Å². The Morgan fingerprint density at radius 3 is 2.31 bits per heavy atom. The summed E-state index contributed by atoms with van der Waals surface area (Å²) in [4.78, 5) is 4.28. The predicted octanol–water partition coefficient (Wildman–Crippen LogP) is 3.72. The summed E-state index contributed by atoms with van der Waals surface area (Å²) >= 11 is 0. The van der Waals surface area contributed by atoms with Gasteiger partial charge in [0.1, 0.15) is 5.82 Å². The molecule has 1 heterocycles. The summed E-state index contributed by atoms with van der Waals surface area (Å²) in [5.41, 5.74) is 0. The van der Waals surface area contributed by atoms with Crippen molar-refractivity contribution in [1.82, 2.24) is 9.55 Å². The molecular formula is C11H19F3N2. The van der Waals surface area contributed by atoms with Crippen molar-refractivity contribution in [3.63, 3.8) is 0 Å². The summed E-state index contributed by atoms with van der Waals surface area (Å²) in [5, 5.41) is 0. The van der Waals surface area contributed by atoms with Gasteiger partial charge in [-0.05, 0) is 6.42 Å². The van der Waals surface area contributed by atoms with Gasteiger partial charge in [-0.1, -0.05) is 26.2 Å². The van der Waals surface area contributed by atoms with E-state index in [-0.39, 0.29) is 0 Å². The Morgan fingerprint density at radius 1 is 1.25 bits per heavy atom. The number of rotatable bonds is 5. The Balaban J connectivity index is 0.000000487. The van der Waals surface area contributed by atoms with Crippen molar-refractivity contribution in [3.05, 3.63) is 18.2 Å². The first-order valence-electron chi connectivity index (χ1n) is 5.46. The number of hydrogen-bond donors (Lipinski definition) is 0. The Kier molecular flexibility index (Phi) is 8.66. The van der Waals surface area contributed by atoms with Gasteiger partial charge in [0.15, 0.2) is 0 Å². The number of alkyl halides is 3. The lowest BCUT2D eigenvalue weighted by molar-refractivity contribution is 0.00819. The van der Waals surface area contributed by atoms with E-state index in [4.69, 9.17) is 0 Å². The molecule has 0 saturated carbocycles. The number of aryl methyl sites for hydroxylation is 2. The van der Waals surface area contributed by atoms with Crippen molar-refractivity contribution in [1.29, 1.82) is 0 Å². The summed E-state index contributed by atoms with van der Waals surface area (Å²) in [6, 6.07) is 0. The van der Waals surface area contributed by atoms with Crippen LogP contribution in [0.15, 0.2) is 12.4 Å². The van der Waals surface area contributed by atoms with Crippen molar-refractivity contribution in [2.45, 2.75) is 45.7 Å². The zero-order valence-corrected chi connectivity index (χ0v) is 9.80. The van der Waals surface area contributed by atoms with E-state index >= 15 is 0 Å². The second-order valence-corrected chi connectivity index (χ2v) is 3.51. The molecule has 5 heteroatoms. The molecule has 0 aliphatic rings. The second kappa shape index (κ2) is 9.24. The van der Waals surface area contributed by atoms with E-state index in [9.17, 15) is 13.2 Å². The fourth-order valence-corrected chi connectivity index (χ4v) is 1.35. The topological polar surface area (TPSA) is 17.8 Å².